The molecule has 12 heavy (non-hydrogen) atoms. The topological polar surface area (TPSA) is 24.4 Å². The molecule has 2 aliphatic carbocycles. The minimum Gasteiger partial charge on any atom is -0.286 e. The van der Waals surface area contributed by atoms with Crippen molar-refractivity contribution in [3.05, 3.63) is 11.8 Å². The Kier molecular flexibility index (Phi) is 1.18. The molecule has 1 N–H and O–H groups in total. The Labute approximate surface area is 72.7 Å². The van der Waals surface area contributed by atoms with Crippen LogP contribution < -0.4 is 5.43 Å². The average Bonchev–Trinajstić information content (AvgIpc) is 2.64. The predicted octanol–water partition coefficient (Wildman–Crippen LogP) is 1.90. The fourth-order valence-electron chi connectivity index (χ4n) is 3.22. The molecule has 3 rings (SSSR count). The normalized spacial score (nSPS) is 43.2. The van der Waals surface area contributed by atoms with E-state index in [1.807, 2.05) is 0 Å². The van der Waals surface area contributed by atoms with Gasteiger partial charge in [0, 0.05) is 17.8 Å². The average molecular weight is 162 g/mol. The van der Waals surface area contributed by atoms with Crippen molar-refractivity contribution in [2.45, 2.75) is 26.2 Å². The standard InChI is InChI=1S/C10H14N2/c1-6-10-8-3-2-7(4-8)9(10)5-11-12-6/h5,7-8,10-11H,2-4H2,1H3. The molecule has 0 saturated heterocycles. The highest BCUT2D eigenvalue weighted by Crippen LogP contribution is 2.52. The van der Waals surface area contributed by atoms with Crippen LogP contribution >= 0.6 is 0 Å². The summed E-state index contributed by atoms with van der Waals surface area (Å²) in [5.74, 6) is 2.52. The fourth-order valence-corrected chi connectivity index (χ4v) is 3.22. The molecule has 1 aliphatic heterocycles. The zero-order chi connectivity index (χ0) is 8.13. The van der Waals surface area contributed by atoms with Gasteiger partial charge in [0.1, 0.15) is 0 Å². The van der Waals surface area contributed by atoms with E-state index >= 15 is 0 Å². The quantitative estimate of drug-likeness (QED) is 0.578. The number of fused-ring (bicyclic) bond motifs is 5. The van der Waals surface area contributed by atoms with Gasteiger partial charge in [0.05, 0.1) is 0 Å². The zero-order valence-corrected chi connectivity index (χ0v) is 7.38. The van der Waals surface area contributed by atoms with Crippen LogP contribution in [0.2, 0.25) is 0 Å². The maximum atomic E-state index is 4.28. The van der Waals surface area contributed by atoms with Crippen LogP contribution in [0.5, 0.6) is 0 Å². The van der Waals surface area contributed by atoms with Gasteiger partial charge in [0.25, 0.3) is 0 Å². The first kappa shape index (κ1) is 6.70. The molecular weight excluding hydrogens is 148 g/mol. The third-order valence-electron chi connectivity index (χ3n) is 3.70. The summed E-state index contributed by atoms with van der Waals surface area (Å²) in [6.45, 7) is 2.16. The SMILES string of the molecule is CC1=NNC=C2C3CCC(C3)C21. The maximum Gasteiger partial charge on any atom is 0.0426 e. The van der Waals surface area contributed by atoms with E-state index in [-0.39, 0.29) is 0 Å². The van der Waals surface area contributed by atoms with E-state index in [0.717, 1.165) is 11.8 Å². The summed E-state index contributed by atoms with van der Waals surface area (Å²) in [6.07, 6.45) is 6.41. The molecule has 64 valence electrons. The van der Waals surface area contributed by atoms with Crippen LogP contribution in [0.3, 0.4) is 0 Å². The third kappa shape index (κ3) is 0.680. The van der Waals surface area contributed by atoms with Crippen molar-refractivity contribution in [3.63, 3.8) is 0 Å². The van der Waals surface area contributed by atoms with Crippen LogP contribution in [0.1, 0.15) is 26.2 Å². The van der Waals surface area contributed by atoms with Crippen molar-refractivity contribution < 1.29 is 0 Å². The predicted molar refractivity (Wildman–Crippen MR) is 48.6 cm³/mol. The lowest BCUT2D eigenvalue weighted by Gasteiger charge is -2.27. The van der Waals surface area contributed by atoms with Gasteiger partial charge in [-0.15, -0.1) is 0 Å². The lowest BCUT2D eigenvalue weighted by atomic mass is 9.81. The van der Waals surface area contributed by atoms with Crippen LogP contribution in [-0.2, 0) is 0 Å². The molecule has 2 nitrogen and oxygen atoms in total. The molecule has 3 atom stereocenters. The monoisotopic (exact) mass is 162 g/mol. The molecule has 0 radical (unpaired) electrons. The maximum absolute atomic E-state index is 4.28. The number of nitrogens with one attached hydrogen (secondary N) is 1. The Balaban J connectivity index is 2.02. The van der Waals surface area contributed by atoms with E-state index in [2.05, 4.69) is 23.7 Å². The van der Waals surface area contributed by atoms with Crippen molar-refractivity contribution in [3.8, 4) is 0 Å². The van der Waals surface area contributed by atoms with E-state index in [0.29, 0.717) is 5.92 Å². The van der Waals surface area contributed by atoms with Gasteiger partial charge in [-0.3, -0.25) is 5.43 Å². The van der Waals surface area contributed by atoms with Crippen molar-refractivity contribution in [2.75, 3.05) is 0 Å². The van der Waals surface area contributed by atoms with E-state index in [1.54, 1.807) is 5.57 Å². The van der Waals surface area contributed by atoms with Crippen LogP contribution in [0, 0.1) is 17.8 Å². The Morgan fingerprint density at radius 2 is 2.42 bits per heavy atom. The van der Waals surface area contributed by atoms with Gasteiger partial charge in [-0.1, -0.05) is 0 Å². The van der Waals surface area contributed by atoms with Gasteiger partial charge in [-0.05, 0) is 43.6 Å². The molecule has 0 aromatic carbocycles. The van der Waals surface area contributed by atoms with Crippen molar-refractivity contribution in [1.82, 2.24) is 5.43 Å². The number of hydrazone groups is 1. The largest absolute Gasteiger partial charge is 0.286 e. The highest BCUT2D eigenvalue weighted by atomic mass is 15.3. The first-order chi connectivity index (χ1) is 5.86. The molecule has 2 fully saturated rings. The number of nitrogens with zero attached hydrogens (tertiary/aromatic N) is 1. The minimum absolute atomic E-state index is 0.713. The summed E-state index contributed by atoms with van der Waals surface area (Å²) in [5, 5.41) is 4.28. The smallest absolute Gasteiger partial charge is 0.0426 e. The highest BCUT2D eigenvalue weighted by Gasteiger charge is 2.45. The summed E-state index contributed by atoms with van der Waals surface area (Å²) in [4.78, 5) is 0. The molecule has 2 saturated carbocycles. The number of rotatable bonds is 0. The summed E-state index contributed by atoms with van der Waals surface area (Å²) in [7, 11) is 0. The lowest BCUT2D eigenvalue weighted by Crippen LogP contribution is -2.27. The summed E-state index contributed by atoms with van der Waals surface area (Å²) in [6, 6.07) is 0. The molecule has 0 spiro atoms. The van der Waals surface area contributed by atoms with Crippen molar-refractivity contribution in [2.24, 2.45) is 22.9 Å². The van der Waals surface area contributed by atoms with E-state index < -0.39 is 0 Å². The highest BCUT2D eigenvalue weighted by molar-refractivity contribution is 5.88. The molecule has 0 aromatic heterocycles. The molecule has 2 heteroatoms. The Morgan fingerprint density at radius 1 is 1.50 bits per heavy atom. The second kappa shape index (κ2) is 2.12. The molecular formula is C10H14N2. The fraction of sp³-hybridized carbons (Fsp3) is 0.700. The minimum atomic E-state index is 0.713. The first-order valence-corrected chi connectivity index (χ1v) is 4.86. The van der Waals surface area contributed by atoms with E-state index in [9.17, 15) is 0 Å². The van der Waals surface area contributed by atoms with Crippen LogP contribution in [0.15, 0.2) is 16.9 Å². The summed E-state index contributed by atoms with van der Waals surface area (Å²) in [5.41, 5.74) is 5.96. The number of hydrogen-bond donors (Lipinski definition) is 1. The molecule has 2 bridgehead atoms. The second-order valence-electron chi connectivity index (χ2n) is 4.27. The Bertz CT molecular complexity index is 278. The zero-order valence-electron chi connectivity index (χ0n) is 7.38. The van der Waals surface area contributed by atoms with E-state index in [4.69, 9.17) is 0 Å². The van der Waals surface area contributed by atoms with Gasteiger partial charge < -0.3 is 0 Å². The van der Waals surface area contributed by atoms with Gasteiger partial charge in [0.2, 0.25) is 0 Å². The second-order valence-corrected chi connectivity index (χ2v) is 4.27. The molecule has 3 aliphatic rings. The molecule has 1 heterocycles. The van der Waals surface area contributed by atoms with Crippen molar-refractivity contribution in [1.29, 1.82) is 0 Å². The van der Waals surface area contributed by atoms with Crippen molar-refractivity contribution >= 4 is 5.71 Å². The Hall–Kier alpha value is -0.790. The first-order valence-electron chi connectivity index (χ1n) is 4.86. The Morgan fingerprint density at radius 3 is 3.25 bits per heavy atom. The van der Waals surface area contributed by atoms with Gasteiger partial charge in [-0.25, -0.2) is 0 Å². The summed E-state index contributed by atoms with van der Waals surface area (Å²) < 4.78 is 0. The van der Waals surface area contributed by atoms with Gasteiger partial charge in [-0.2, -0.15) is 5.10 Å². The number of hydrogen-bond acceptors (Lipinski definition) is 2. The van der Waals surface area contributed by atoms with Gasteiger partial charge >= 0.3 is 0 Å². The molecule has 3 unspecified atom stereocenters. The van der Waals surface area contributed by atoms with E-state index in [1.165, 1.54) is 25.0 Å². The van der Waals surface area contributed by atoms with Crippen LogP contribution in [0.4, 0.5) is 0 Å². The van der Waals surface area contributed by atoms with Crippen LogP contribution in [-0.4, -0.2) is 5.71 Å². The summed E-state index contributed by atoms with van der Waals surface area (Å²) >= 11 is 0. The third-order valence-corrected chi connectivity index (χ3v) is 3.70. The van der Waals surface area contributed by atoms with Gasteiger partial charge in [0.15, 0.2) is 0 Å². The lowest BCUT2D eigenvalue weighted by molar-refractivity contribution is 0.481. The molecule has 0 aromatic rings. The van der Waals surface area contributed by atoms with Crippen LogP contribution in [0.25, 0.3) is 0 Å². The molecule has 0 amide bonds. The number of allylic oxidation sites excluding steroid dienone is 1.